The number of carbonyl (C=O) groups is 1. The van der Waals surface area contributed by atoms with E-state index in [9.17, 15) is 39.6 Å². The number of anilines is 1. The molecule has 0 spiro atoms. The summed E-state index contributed by atoms with van der Waals surface area (Å²) >= 11 is 0. The fraction of sp³-hybridized carbons (Fsp3) is 0.350. The monoisotopic (exact) mass is 482 g/mol. The van der Waals surface area contributed by atoms with Gasteiger partial charge < -0.3 is 5.32 Å². The first-order chi connectivity index (χ1) is 14.6. The highest BCUT2D eigenvalue weighted by molar-refractivity contribution is 7.89. The molecule has 0 bridgehead atoms. The van der Waals surface area contributed by atoms with E-state index >= 15 is 0 Å². The second-order valence-electron chi connectivity index (χ2n) is 7.26. The van der Waals surface area contributed by atoms with Crippen LogP contribution in [0.5, 0.6) is 0 Å². The van der Waals surface area contributed by atoms with Crippen LogP contribution in [0.4, 0.5) is 32.0 Å². The van der Waals surface area contributed by atoms with Crippen LogP contribution in [0.2, 0.25) is 0 Å². The minimum absolute atomic E-state index is 0.0167. The number of benzene rings is 2. The second-order valence-corrected chi connectivity index (χ2v) is 8.98. The van der Waals surface area contributed by atoms with Crippen LogP contribution < -0.4 is 10.0 Å². The lowest BCUT2D eigenvalue weighted by Gasteiger charge is -2.15. The van der Waals surface area contributed by atoms with Gasteiger partial charge >= 0.3 is 12.4 Å². The minimum Gasteiger partial charge on any atom is -0.326 e. The molecule has 32 heavy (non-hydrogen) atoms. The molecule has 2 aromatic carbocycles. The van der Waals surface area contributed by atoms with Crippen molar-refractivity contribution in [3.8, 4) is 0 Å². The smallest absolute Gasteiger partial charge is 0.326 e. The predicted molar refractivity (Wildman–Crippen MR) is 105 cm³/mol. The average molecular weight is 482 g/mol. The Balaban J connectivity index is 2.09. The molecule has 0 saturated heterocycles. The summed E-state index contributed by atoms with van der Waals surface area (Å²) in [7, 11) is -3.69. The van der Waals surface area contributed by atoms with Gasteiger partial charge in [-0.1, -0.05) is 12.1 Å². The van der Waals surface area contributed by atoms with Crippen molar-refractivity contribution in [3.63, 3.8) is 0 Å². The fourth-order valence-corrected chi connectivity index (χ4v) is 3.97. The molecule has 0 saturated carbocycles. The average Bonchev–Trinajstić information content (AvgIpc) is 2.64. The number of alkyl halides is 6. The van der Waals surface area contributed by atoms with Crippen molar-refractivity contribution in [1.82, 2.24) is 4.72 Å². The van der Waals surface area contributed by atoms with Crippen molar-refractivity contribution < 1.29 is 39.6 Å². The highest BCUT2D eigenvalue weighted by Gasteiger charge is 2.37. The summed E-state index contributed by atoms with van der Waals surface area (Å²) in [5, 5.41) is 2.05. The molecule has 2 N–H and O–H groups in total. The van der Waals surface area contributed by atoms with Gasteiger partial charge in [0, 0.05) is 18.2 Å². The molecule has 0 aliphatic heterocycles. The van der Waals surface area contributed by atoms with Gasteiger partial charge in [-0.15, -0.1) is 0 Å². The van der Waals surface area contributed by atoms with Crippen LogP contribution in [0.15, 0.2) is 47.4 Å². The third kappa shape index (κ3) is 7.23. The molecule has 2 aromatic rings. The number of hydrogen-bond donors (Lipinski definition) is 2. The molecule has 0 radical (unpaired) electrons. The first kappa shape index (κ1) is 25.7. The summed E-state index contributed by atoms with van der Waals surface area (Å²) in [6.45, 7) is 3.32. The predicted octanol–water partition coefficient (Wildman–Crippen LogP) is 4.98. The van der Waals surface area contributed by atoms with E-state index in [-0.39, 0.29) is 29.8 Å². The van der Waals surface area contributed by atoms with Crippen molar-refractivity contribution >= 4 is 21.6 Å². The SMILES string of the molecule is CC(C)NS(=O)(=O)c1ccc(CCC(=O)Nc2cc(C(F)(F)F)cc(C(F)(F)F)c2)cc1. The van der Waals surface area contributed by atoms with Crippen molar-refractivity contribution in [2.24, 2.45) is 0 Å². The number of carbonyl (C=O) groups excluding carboxylic acids is 1. The Morgan fingerprint density at radius 2 is 1.41 bits per heavy atom. The van der Waals surface area contributed by atoms with Gasteiger partial charge in [-0.2, -0.15) is 26.3 Å². The van der Waals surface area contributed by atoms with Crippen molar-refractivity contribution in [3.05, 3.63) is 59.2 Å². The zero-order valence-corrected chi connectivity index (χ0v) is 17.8. The van der Waals surface area contributed by atoms with Gasteiger partial charge in [0.05, 0.1) is 16.0 Å². The molecule has 0 unspecified atom stereocenters. The molecule has 5 nitrogen and oxygen atoms in total. The number of nitrogens with one attached hydrogen (secondary N) is 2. The number of aryl methyl sites for hydroxylation is 1. The fourth-order valence-electron chi connectivity index (χ4n) is 2.72. The van der Waals surface area contributed by atoms with Gasteiger partial charge in [-0.25, -0.2) is 13.1 Å². The Kier molecular flexibility index (Phi) is 7.61. The minimum atomic E-state index is -5.02. The second kappa shape index (κ2) is 9.49. The van der Waals surface area contributed by atoms with Crippen molar-refractivity contribution in [1.29, 1.82) is 0 Å². The van der Waals surface area contributed by atoms with Crippen LogP contribution in [0.25, 0.3) is 0 Å². The topological polar surface area (TPSA) is 75.3 Å². The van der Waals surface area contributed by atoms with Crippen LogP contribution in [0.1, 0.15) is 37.0 Å². The third-order valence-electron chi connectivity index (χ3n) is 4.14. The van der Waals surface area contributed by atoms with E-state index in [1.54, 1.807) is 13.8 Å². The summed E-state index contributed by atoms with van der Waals surface area (Å²) in [4.78, 5) is 12.1. The number of amides is 1. The van der Waals surface area contributed by atoms with E-state index in [0.717, 1.165) is 0 Å². The molecule has 0 aromatic heterocycles. The van der Waals surface area contributed by atoms with Crippen LogP contribution >= 0.6 is 0 Å². The number of sulfonamides is 1. The molecule has 0 heterocycles. The zero-order valence-electron chi connectivity index (χ0n) is 16.9. The van der Waals surface area contributed by atoms with Crippen LogP contribution in [0.3, 0.4) is 0 Å². The van der Waals surface area contributed by atoms with Gasteiger partial charge in [-0.3, -0.25) is 4.79 Å². The lowest BCUT2D eigenvalue weighted by molar-refractivity contribution is -0.143. The molecule has 12 heteroatoms. The molecular weight excluding hydrogens is 462 g/mol. The summed E-state index contributed by atoms with van der Waals surface area (Å²) in [5.41, 5.74) is -3.13. The molecular formula is C20H20F6N2O3S. The standard InChI is InChI=1S/C20H20F6N2O3S/c1-12(2)28-32(30,31)17-6-3-13(4-7-17)5-8-18(29)27-16-10-14(19(21,22)23)9-15(11-16)20(24,25)26/h3-4,6-7,9-12,28H,5,8H2,1-2H3,(H,27,29). The van der Waals surface area contributed by atoms with E-state index in [2.05, 4.69) is 4.72 Å². The maximum Gasteiger partial charge on any atom is 0.416 e. The quantitative estimate of drug-likeness (QED) is 0.547. The lowest BCUT2D eigenvalue weighted by atomic mass is 10.1. The first-order valence-corrected chi connectivity index (χ1v) is 10.8. The molecule has 0 atom stereocenters. The highest BCUT2D eigenvalue weighted by Crippen LogP contribution is 2.37. The molecule has 0 aliphatic rings. The van der Waals surface area contributed by atoms with Gasteiger partial charge in [0.1, 0.15) is 0 Å². The summed E-state index contributed by atoms with van der Waals surface area (Å²) < 4.78 is 104. The molecule has 0 aliphatic carbocycles. The van der Waals surface area contributed by atoms with E-state index in [0.29, 0.717) is 17.7 Å². The van der Waals surface area contributed by atoms with Crippen LogP contribution in [-0.2, 0) is 33.6 Å². The normalized spacial score (nSPS) is 12.8. The van der Waals surface area contributed by atoms with E-state index in [4.69, 9.17) is 0 Å². The zero-order chi connectivity index (χ0) is 24.3. The third-order valence-corrected chi connectivity index (χ3v) is 5.81. The summed E-state index contributed by atoms with van der Waals surface area (Å²) in [6, 6.07) is 6.11. The number of hydrogen-bond acceptors (Lipinski definition) is 3. The van der Waals surface area contributed by atoms with Gasteiger partial charge in [0.15, 0.2) is 0 Å². The molecule has 0 fully saturated rings. The summed E-state index contributed by atoms with van der Waals surface area (Å²) in [6.07, 6.45) is -10.2. The largest absolute Gasteiger partial charge is 0.416 e. The summed E-state index contributed by atoms with van der Waals surface area (Å²) in [5.74, 6) is -0.796. The molecule has 1 amide bonds. The van der Waals surface area contributed by atoms with Gasteiger partial charge in [-0.05, 0) is 56.2 Å². The Morgan fingerprint density at radius 1 is 0.906 bits per heavy atom. The van der Waals surface area contributed by atoms with Gasteiger partial charge in [0.2, 0.25) is 15.9 Å². The maximum atomic E-state index is 12.9. The van der Waals surface area contributed by atoms with Crippen LogP contribution in [-0.4, -0.2) is 20.4 Å². The number of rotatable bonds is 7. The Morgan fingerprint density at radius 3 is 1.84 bits per heavy atom. The van der Waals surface area contributed by atoms with E-state index in [1.807, 2.05) is 5.32 Å². The highest BCUT2D eigenvalue weighted by atomic mass is 32.2. The van der Waals surface area contributed by atoms with E-state index in [1.165, 1.54) is 24.3 Å². The Bertz CT molecular complexity index is 1030. The molecule has 2 rings (SSSR count). The van der Waals surface area contributed by atoms with E-state index < -0.39 is 45.1 Å². The van der Waals surface area contributed by atoms with Crippen molar-refractivity contribution in [2.75, 3.05) is 5.32 Å². The lowest BCUT2D eigenvalue weighted by Crippen LogP contribution is -2.30. The molecule has 176 valence electrons. The van der Waals surface area contributed by atoms with Gasteiger partial charge in [0.25, 0.3) is 0 Å². The maximum absolute atomic E-state index is 12.9. The Hall–Kier alpha value is -2.60. The van der Waals surface area contributed by atoms with Crippen LogP contribution in [0, 0.1) is 0 Å². The number of halogens is 6. The first-order valence-electron chi connectivity index (χ1n) is 9.28. The van der Waals surface area contributed by atoms with Crippen molar-refractivity contribution in [2.45, 2.75) is 50.0 Å². The Labute approximate surface area is 180 Å².